The largest absolute Gasteiger partial charge is 0.444 e. The van der Waals surface area contributed by atoms with Crippen molar-refractivity contribution in [2.24, 2.45) is 0 Å². The zero-order valence-electron chi connectivity index (χ0n) is 20.9. The summed E-state index contributed by atoms with van der Waals surface area (Å²) in [5, 5.41) is 15.9. The Bertz CT molecular complexity index is 842. The molecule has 12 nitrogen and oxygen atoms in total. The maximum Gasteiger partial charge on any atom is 0.410 e. The third-order valence-electron chi connectivity index (χ3n) is 5.21. The molecule has 0 aliphatic carbocycles. The van der Waals surface area contributed by atoms with Gasteiger partial charge in [0.25, 0.3) is 0 Å². The Balaban J connectivity index is 0.000000191. The van der Waals surface area contributed by atoms with Crippen molar-refractivity contribution in [1.82, 2.24) is 39.8 Å². The molecule has 0 aromatic carbocycles. The SMILES string of the molecule is CC(C)(C)OC(=O)N1CCC(n2ccnn2)C1.CC(C)(C)OC(=O)N1CCC(n2nccn2)C1. The molecule has 2 saturated heterocycles. The molecule has 4 rings (SSSR count). The highest BCUT2D eigenvalue weighted by molar-refractivity contribution is 5.69. The van der Waals surface area contributed by atoms with Crippen molar-refractivity contribution in [3.05, 3.63) is 24.8 Å². The average Bonchev–Trinajstić information content (AvgIpc) is 3.54. The summed E-state index contributed by atoms with van der Waals surface area (Å²) < 4.78 is 12.4. The second-order valence-corrected chi connectivity index (χ2v) is 10.5. The summed E-state index contributed by atoms with van der Waals surface area (Å²) in [6.07, 6.45) is 8.02. The maximum atomic E-state index is 11.8. The number of ether oxygens (including phenoxy) is 2. The highest BCUT2D eigenvalue weighted by atomic mass is 16.6. The van der Waals surface area contributed by atoms with Crippen molar-refractivity contribution in [3.63, 3.8) is 0 Å². The van der Waals surface area contributed by atoms with E-state index in [1.54, 1.807) is 37.9 Å². The van der Waals surface area contributed by atoms with Crippen molar-refractivity contribution in [1.29, 1.82) is 0 Å². The highest BCUT2D eigenvalue weighted by Gasteiger charge is 2.32. The van der Waals surface area contributed by atoms with E-state index in [0.717, 1.165) is 12.8 Å². The molecule has 0 spiro atoms. The van der Waals surface area contributed by atoms with Crippen LogP contribution in [0.3, 0.4) is 0 Å². The maximum absolute atomic E-state index is 11.8. The molecule has 12 heteroatoms. The van der Waals surface area contributed by atoms with Gasteiger partial charge in [0.1, 0.15) is 11.2 Å². The van der Waals surface area contributed by atoms with E-state index in [0.29, 0.717) is 26.2 Å². The molecule has 0 N–H and O–H groups in total. The van der Waals surface area contributed by atoms with Gasteiger partial charge in [-0.25, -0.2) is 14.3 Å². The van der Waals surface area contributed by atoms with Crippen LogP contribution >= 0.6 is 0 Å². The second kappa shape index (κ2) is 10.4. The number of rotatable bonds is 2. The highest BCUT2D eigenvalue weighted by Crippen LogP contribution is 2.23. The Labute approximate surface area is 200 Å². The summed E-state index contributed by atoms with van der Waals surface area (Å²) in [6.45, 7) is 13.9. The lowest BCUT2D eigenvalue weighted by Gasteiger charge is -2.24. The molecular weight excluding hydrogens is 440 g/mol. The number of hydrogen-bond acceptors (Lipinski definition) is 8. The van der Waals surface area contributed by atoms with Crippen molar-refractivity contribution in [2.45, 2.75) is 77.7 Å². The molecule has 0 bridgehead atoms. The number of aromatic nitrogens is 6. The number of hydrogen-bond donors (Lipinski definition) is 0. The van der Waals surface area contributed by atoms with E-state index in [2.05, 4.69) is 20.5 Å². The summed E-state index contributed by atoms with van der Waals surface area (Å²) >= 11 is 0. The summed E-state index contributed by atoms with van der Waals surface area (Å²) in [5.74, 6) is 0. The first-order valence-electron chi connectivity index (χ1n) is 11.6. The summed E-state index contributed by atoms with van der Waals surface area (Å²) in [4.78, 5) is 28.7. The molecule has 188 valence electrons. The third kappa shape index (κ3) is 7.42. The predicted octanol–water partition coefficient (Wildman–Crippen LogP) is 2.92. The van der Waals surface area contributed by atoms with Crippen LogP contribution in [-0.2, 0) is 9.47 Å². The van der Waals surface area contributed by atoms with Crippen LogP contribution in [0.1, 0.15) is 66.5 Å². The van der Waals surface area contributed by atoms with Gasteiger partial charge in [0, 0.05) is 32.4 Å². The summed E-state index contributed by atoms with van der Waals surface area (Å²) in [7, 11) is 0. The van der Waals surface area contributed by atoms with Gasteiger partial charge >= 0.3 is 12.2 Å². The monoisotopic (exact) mass is 476 g/mol. The molecular formula is C22H36N8O4. The molecule has 2 atom stereocenters. The topological polar surface area (TPSA) is 120 Å². The molecule has 2 amide bonds. The van der Waals surface area contributed by atoms with Crippen molar-refractivity contribution in [3.8, 4) is 0 Å². The van der Waals surface area contributed by atoms with Crippen LogP contribution in [0, 0.1) is 0 Å². The smallest absolute Gasteiger partial charge is 0.410 e. The first kappa shape index (κ1) is 25.4. The van der Waals surface area contributed by atoms with Crippen molar-refractivity contribution in [2.75, 3.05) is 26.2 Å². The molecule has 2 aliphatic heterocycles. The number of amides is 2. The fraction of sp³-hybridized carbons (Fsp3) is 0.727. The van der Waals surface area contributed by atoms with E-state index in [9.17, 15) is 9.59 Å². The summed E-state index contributed by atoms with van der Waals surface area (Å²) in [5.41, 5.74) is -0.887. The minimum atomic E-state index is -0.445. The van der Waals surface area contributed by atoms with Gasteiger partial charge in [-0.2, -0.15) is 15.0 Å². The molecule has 2 unspecified atom stereocenters. The van der Waals surface area contributed by atoms with Gasteiger partial charge in [-0.05, 0) is 54.4 Å². The zero-order chi connectivity index (χ0) is 24.9. The molecule has 2 fully saturated rings. The minimum Gasteiger partial charge on any atom is -0.444 e. The average molecular weight is 477 g/mol. The van der Waals surface area contributed by atoms with Gasteiger partial charge in [0.05, 0.1) is 30.7 Å². The third-order valence-corrected chi connectivity index (χ3v) is 5.21. The number of nitrogens with zero attached hydrogens (tertiary/aromatic N) is 8. The van der Waals surface area contributed by atoms with Crippen LogP contribution in [0.2, 0.25) is 0 Å². The van der Waals surface area contributed by atoms with Crippen LogP contribution in [0.5, 0.6) is 0 Å². The lowest BCUT2D eigenvalue weighted by Crippen LogP contribution is -2.35. The molecule has 2 aliphatic rings. The second-order valence-electron chi connectivity index (χ2n) is 10.5. The number of likely N-dealkylation sites (tertiary alicyclic amines) is 2. The Hall–Kier alpha value is -3.18. The molecule has 34 heavy (non-hydrogen) atoms. The van der Waals surface area contributed by atoms with E-state index in [-0.39, 0.29) is 24.3 Å². The van der Waals surface area contributed by atoms with E-state index in [1.165, 1.54) is 0 Å². The van der Waals surface area contributed by atoms with Gasteiger partial charge in [-0.3, -0.25) is 0 Å². The lowest BCUT2D eigenvalue weighted by molar-refractivity contribution is 0.0277. The first-order chi connectivity index (χ1) is 15.9. The van der Waals surface area contributed by atoms with Gasteiger partial charge < -0.3 is 19.3 Å². The van der Waals surface area contributed by atoms with Crippen LogP contribution in [0.15, 0.2) is 24.8 Å². The van der Waals surface area contributed by atoms with Gasteiger partial charge in [0.15, 0.2) is 0 Å². The molecule has 0 saturated carbocycles. The Morgan fingerprint density at radius 3 is 1.76 bits per heavy atom. The van der Waals surface area contributed by atoms with E-state index >= 15 is 0 Å². The Morgan fingerprint density at radius 1 is 0.794 bits per heavy atom. The van der Waals surface area contributed by atoms with Gasteiger partial charge in [0.2, 0.25) is 0 Å². The molecule has 2 aromatic heterocycles. The normalized spacial score (nSPS) is 20.6. The van der Waals surface area contributed by atoms with Crippen LogP contribution in [0.4, 0.5) is 9.59 Å². The van der Waals surface area contributed by atoms with Gasteiger partial charge in [-0.15, -0.1) is 5.10 Å². The molecule has 0 radical (unpaired) electrons. The zero-order valence-corrected chi connectivity index (χ0v) is 20.9. The lowest BCUT2D eigenvalue weighted by atomic mass is 10.2. The quantitative estimate of drug-likeness (QED) is 0.649. The number of carbonyl (C=O) groups is 2. The Kier molecular flexibility index (Phi) is 7.78. The fourth-order valence-electron chi connectivity index (χ4n) is 3.70. The minimum absolute atomic E-state index is 0.164. The van der Waals surface area contributed by atoms with E-state index < -0.39 is 11.2 Å². The van der Waals surface area contributed by atoms with Gasteiger partial charge in [-0.1, -0.05) is 5.21 Å². The van der Waals surface area contributed by atoms with E-state index in [4.69, 9.17) is 9.47 Å². The van der Waals surface area contributed by atoms with Crippen LogP contribution in [-0.4, -0.2) is 89.4 Å². The Morgan fingerprint density at radius 2 is 1.29 bits per heavy atom. The molecule has 4 heterocycles. The fourth-order valence-corrected chi connectivity index (χ4v) is 3.70. The predicted molar refractivity (Wildman–Crippen MR) is 123 cm³/mol. The standard InChI is InChI=1S/2C11H18N4O2/c1-11(2,3)17-10(16)14-7-4-9(8-14)15-12-5-6-13-15;1-11(2,3)17-10(16)14-6-4-9(8-14)15-7-5-12-13-15/h5-6,9H,4,7-8H2,1-3H3;5,7,9H,4,6,8H2,1-3H3. The summed E-state index contributed by atoms with van der Waals surface area (Å²) in [6, 6.07) is 0.377. The van der Waals surface area contributed by atoms with Crippen molar-refractivity contribution < 1.29 is 19.1 Å². The first-order valence-corrected chi connectivity index (χ1v) is 11.6. The van der Waals surface area contributed by atoms with Crippen molar-refractivity contribution >= 4 is 12.2 Å². The van der Waals surface area contributed by atoms with E-state index in [1.807, 2.05) is 47.7 Å². The van der Waals surface area contributed by atoms with Crippen LogP contribution < -0.4 is 0 Å². The van der Waals surface area contributed by atoms with Crippen LogP contribution in [0.25, 0.3) is 0 Å². The number of carbonyl (C=O) groups excluding carboxylic acids is 2. The molecule has 2 aromatic rings.